The molecule has 0 spiro atoms. The second-order valence-corrected chi connectivity index (χ2v) is 10.8. The predicted octanol–water partition coefficient (Wildman–Crippen LogP) is -0.549. The molecule has 0 aliphatic carbocycles. The number of aliphatic hydroxyl groups excluding tert-OH is 2. The number of aromatic nitrogens is 4. The summed E-state index contributed by atoms with van der Waals surface area (Å²) in [5.74, 6) is -0.858. The lowest BCUT2D eigenvalue weighted by atomic mass is 10.1. The third-order valence-electron chi connectivity index (χ3n) is 3.92. The molecule has 8 N–H and O–H groups in total. The molecule has 2 aromatic heterocycles. The number of anilines is 1. The first kappa shape index (κ1) is 26.1. The molecule has 1 saturated heterocycles. The topological polar surface area (TPSA) is 279 Å². The van der Waals surface area contributed by atoms with Crippen LogP contribution in [0, 0.1) is 0 Å². The first-order valence-electron chi connectivity index (χ1n) is 8.22. The van der Waals surface area contributed by atoms with Gasteiger partial charge in [-0.3, -0.25) is 9.46 Å². The van der Waals surface area contributed by atoms with Gasteiger partial charge in [0.05, 0.1) is 6.33 Å². The van der Waals surface area contributed by atoms with Crippen LogP contribution in [0.2, 0.25) is 0 Å². The number of rotatable bonds is 8. The maximum absolute atomic E-state index is 12.1. The quantitative estimate of drug-likeness (QED) is 0.159. The molecule has 184 valence electrons. The number of nitrogens with zero attached hydrogens (tertiary/aromatic N) is 4. The Bertz CT molecular complexity index is 1220. The third-order valence-corrected chi connectivity index (χ3v) is 7.91. The van der Waals surface area contributed by atoms with Gasteiger partial charge < -0.3 is 39.9 Å². The van der Waals surface area contributed by atoms with Crippen LogP contribution in [0.5, 0.6) is 0 Å². The summed E-state index contributed by atoms with van der Waals surface area (Å²) in [5, 5.41) is 20.8. The number of ether oxygens (including phenoxy) is 1. The maximum atomic E-state index is 12.1. The van der Waals surface area contributed by atoms with Crippen LogP contribution in [0.1, 0.15) is 6.23 Å². The van der Waals surface area contributed by atoms with Crippen LogP contribution in [0.3, 0.4) is 0 Å². The lowest BCUT2D eigenvalue weighted by Gasteiger charge is -2.21. The van der Waals surface area contributed by atoms with Gasteiger partial charge in [-0.2, -0.15) is 8.62 Å². The van der Waals surface area contributed by atoms with Gasteiger partial charge in [0, 0.05) is 5.54 Å². The number of imidazole rings is 1. The Balaban J connectivity index is 1.81. The summed E-state index contributed by atoms with van der Waals surface area (Å²) in [4.78, 5) is 47.7. The highest BCUT2D eigenvalue weighted by molar-refractivity contribution is 7.66. The number of hydrogen-bond donors (Lipinski definition) is 7. The molecule has 0 bridgehead atoms. The highest BCUT2D eigenvalue weighted by atomic mass is 35.5. The van der Waals surface area contributed by atoms with Crippen molar-refractivity contribution >= 4 is 52.1 Å². The fourth-order valence-electron chi connectivity index (χ4n) is 2.74. The van der Waals surface area contributed by atoms with Crippen LogP contribution >= 0.6 is 35.1 Å². The summed E-state index contributed by atoms with van der Waals surface area (Å²) in [5.41, 5.74) is 6.41. The Morgan fingerprint density at radius 3 is 2.36 bits per heavy atom. The Morgan fingerprint density at radius 2 is 1.76 bits per heavy atom. The normalized spacial score (nSPS) is 27.9. The molecule has 0 amide bonds. The number of halogens is 1. The van der Waals surface area contributed by atoms with Crippen molar-refractivity contribution in [3.05, 3.63) is 23.9 Å². The summed E-state index contributed by atoms with van der Waals surface area (Å²) in [7, 11) is -17.1. The van der Waals surface area contributed by atoms with Crippen molar-refractivity contribution in [2.24, 2.45) is 0 Å². The number of phosphoric acid groups is 3. The summed E-state index contributed by atoms with van der Waals surface area (Å²) in [6.07, 6.45) is -4.44. The van der Waals surface area contributed by atoms with E-state index in [0.717, 1.165) is 17.2 Å². The Labute approximate surface area is 187 Å². The molecule has 2 aromatic rings. The molecule has 0 radical (unpaired) electrons. The third kappa shape index (κ3) is 5.96. The number of aliphatic hydroxyl groups is 2. The van der Waals surface area contributed by atoms with E-state index in [0.29, 0.717) is 5.54 Å². The molecular formula is C11H15ClN5O13P3. The van der Waals surface area contributed by atoms with Crippen LogP contribution in [-0.2, 0) is 31.6 Å². The van der Waals surface area contributed by atoms with E-state index < -0.39 is 53.8 Å². The minimum atomic E-state index is -5.81. The van der Waals surface area contributed by atoms with E-state index in [-0.39, 0.29) is 17.0 Å². The monoisotopic (exact) mass is 553 g/mol. The second kappa shape index (κ2) is 9.28. The second-order valence-electron chi connectivity index (χ2n) is 6.21. The standard InChI is InChI=1S/C11H15ClN5O13P3/c12-1-4(28-32(23,24)30-33(25,26)29-31(20,21)22)8-6(18)7(19)11(27-8)17-3-16-5-9(13)14-2-15-10(5)17/h1-3,6-8,11,18-19H,(H,23,24)(H,25,26)(H2,13,14,15)(H2,20,21,22)/t6-,7+,8+,11+/m0/s1. The molecule has 6 atom stereocenters. The van der Waals surface area contributed by atoms with E-state index in [9.17, 15) is 33.7 Å². The first-order chi connectivity index (χ1) is 15.1. The van der Waals surface area contributed by atoms with E-state index in [1.807, 2.05) is 0 Å². The van der Waals surface area contributed by atoms with Gasteiger partial charge in [0.25, 0.3) is 0 Å². The SMILES string of the molecule is Nc1ncnc2c1ncn2[C@@H]1O[C@H](C(=CCl)OP(=O)(O)OP(=O)(O)OP(=O)(O)O)[C@@H](O)[C@H]1O. The van der Waals surface area contributed by atoms with E-state index >= 15 is 0 Å². The number of nitrogens with two attached hydrogens (primary N) is 1. The summed E-state index contributed by atoms with van der Waals surface area (Å²) < 4.78 is 52.5. The fraction of sp³-hybridized carbons (Fsp3) is 0.364. The van der Waals surface area contributed by atoms with Gasteiger partial charge in [0.15, 0.2) is 23.5 Å². The lowest BCUT2D eigenvalue weighted by molar-refractivity contribution is -0.0338. The van der Waals surface area contributed by atoms with Crippen LogP contribution in [0.25, 0.3) is 11.2 Å². The van der Waals surface area contributed by atoms with Gasteiger partial charge in [-0.15, -0.1) is 0 Å². The Morgan fingerprint density at radius 1 is 1.09 bits per heavy atom. The number of nitrogen functional groups attached to an aromatic ring is 1. The van der Waals surface area contributed by atoms with Gasteiger partial charge in [-0.1, -0.05) is 11.6 Å². The molecule has 0 saturated carbocycles. The van der Waals surface area contributed by atoms with Crippen LogP contribution in [0.4, 0.5) is 5.82 Å². The van der Waals surface area contributed by atoms with Crippen molar-refractivity contribution in [2.45, 2.75) is 24.5 Å². The zero-order valence-corrected chi connectivity index (χ0v) is 19.1. The molecule has 1 aliphatic heterocycles. The summed E-state index contributed by atoms with van der Waals surface area (Å²) in [6, 6.07) is 0. The number of phosphoric ester groups is 1. The average Bonchev–Trinajstić information content (AvgIpc) is 3.20. The van der Waals surface area contributed by atoms with Crippen molar-refractivity contribution in [1.29, 1.82) is 0 Å². The Kier molecular flexibility index (Phi) is 7.34. The predicted molar refractivity (Wildman–Crippen MR) is 105 cm³/mol. The van der Waals surface area contributed by atoms with Crippen molar-refractivity contribution in [2.75, 3.05) is 5.73 Å². The molecule has 3 rings (SSSR count). The van der Waals surface area contributed by atoms with Crippen molar-refractivity contribution in [3.63, 3.8) is 0 Å². The zero-order chi connectivity index (χ0) is 24.8. The number of fused-ring (bicyclic) bond motifs is 1. The first-order valence-corrected chi connectivity index (χ1v) is 13.2. The van der Waals surface area contributed by atoms with Crippen LogP contribution in [-0.4, -0.2) is 67.6 Å². The average molecular weight is 554 g/mol. The van der Waals surface area contributed by atoms with E-state index in [1.165, 1.54) is 0 Å². The molecule has 1 fully saturated rings. The van der Waals surface area contributed by atoms with Crippen LogP contribution in [0.15, 0.2) is 23.9 Å². The van der Waals surface area contributed by atoms with Gasteiger partial charge in [0.1, 0.15) is 30.2 Å². The summed E-state index contributed by atoms with van der Waals surface area (Å²) in [6.45, 7) is 0. The fourth-order valence-corrected chi connectivity index (χ4v) is 6.04. The van der Waals surface area contributed by atoms with Crippen LogP contribution < -0.4 is 5.73 Å². The molecule has 2 unspecified atom stereocenters. The van der Waals surface area contributed by atoms with E-state index in [1.54, 1.807) is 0 Å². The maximum Gasteiger partial charge on any atom is 0.536 e. The zero-order valence-electron chi connectivity index (χ0n) is 15.7. The van der Waals surface area contributed by atoms with Crippen molar-refractivity contribution in [1.82, 2.24) is 19.5 Å². The highest BCUT2D eigenvalue weighted by Crippen LogP contribution is 2.67. The van der Waals surface area contributed by atoms with Crippen molar-refractivity contribution in [3.8, 4) is 0 Å². The highest BCUT2D eigenvalue weighted by Gasteiger charge is 2.49. The summed E-state index contributed by atoms with van der Waals surface area (Å²) >= 11 is 5.54. The smallest absolute Gasteiger partial charge is 0.404 e. The molecule has 1 aliphatic rings. The van der Waals surface area contributed by atoms with E-state index in [2.05, 4.69) is 28.1 Å². The molecule has 33 heavy (non-hydrogen) atoms. The molecule has 0 aromatic carbocycles. The Hall–Kier alpha value is -1.49. The molecule has 3 heterocycles. The van der Waals surface area contributed by atoms with Gasteiger partial charge in [-0.05, 0) is 0 Å². The molecule has 18 nitrogen and oxygen atoms in total. The van der Waals surface area contributed by atoms with Gasteiger partial charge >= 0.3 is 23.5 Å². The van der Waals surface area contributed by atoms with Crippen molar-refractivity contribution < 1.29 is 61.4 Å². The minimum Gasteiger partial charge on any atom is -0.404 e. The molecular weight excluding hydrogens is 539 g/mol. The van der Waals surface area contributed by atoms with Gasteiger partial charge in [0.2, 0.25) is 0 Å². The lowest BCUT2D eigenvalue weighted by Crippen LogP contribution is -2.32. The largest absolute Gasteiger partial charge is 0.536 e. The van der Waals surface area contributed by atoms with E-state index in [4.69, 9.17) is 31.9 Å². The number of hydrogen-bond acceptors (Lipinski definition) is 13. The minimum absolute atomic E-state index is 0.0114. The van der Waals surface area contributed by atoms with Gasteiger partial charge in [-0.25, -0.2) is 28.6 Å². The molecule has 22 heteroatoms.